The van der Waals surface area contributed by atoms with Crippen LogP contribution in [0.15, 0.2) is 56.4 Å². The summed E-state index contributed by atoms with van der Waals surface area (Å²) in [6.07, 6.45) is 0. The van der Waals surface area contributed by atoms with E-state index >= 15 is 0 Å². The van der Waals surface area contributed by atoms with Crippen LogP contribution in [-0.4, -0.2) is 26.8 Å². The summed E-state index contributed by atoms with van der Waals surface area (Å²) in [5, 5.41) is 8.58. The summed E-state index contributed by atoms with van der Waals surface area (Å²) in [7, 11) is -8.06. The van der Waals surface area contributed by atoms with Gasteiger partial charge in [-0.15, -0.1) is 10.2 Å². The molecule has 30 heavy (non-hydrogen) atoms. The Balaban J connectivity index is 1.64. The molecule has 0 atom stereocenters. The van der Waals surface area contributed by atoms with Gasteiger partial charge in [0.1, 0.15) is 0 Å². The molecule has 0 aliphatic carbocycles. The molecule has 12 nitrogen and oxygen atoms in total. The summed E-state index contributed by atoms with van der Waals surface area (Å²) in [6, 6.07) is 8.36. The van der Waals surface area contributed by atoms with Gasteiger partial charge in [0.2, 0.25) is 10.3 Å². The Labute approximate surface area is 177 Å². The average Bonchev–Trinajstić information content (AvgIpc) is 3.34. The lowest BCUT2D eigenvalue weighted by Crippen LogP contribution is -2.10. The molecule has 0 saturated heterocycles. The second kappa shape index (κ2) is 7.67. The van der Waals surface area contributed by atoms with E-state index in [1.807, 2.05) is 0 Å². The van der Waals surface area contributed by atoms with E-state index in [1.165, 1.54) is 36.4 Å². The zero-order valence-corrected chi connectivity index (χ0v) is 17.8. The first kappa shape index (κ1) is 20.8. The molecule has 0 spiro atoms. The van der Waals surface area contributed by atoms with Crippen LogP contribution in [0, 0.1) is 0 Å². The van der Waals surface area contributed by atoms with E-state index in [2.05, 4.69) is 28.8 Å². The van der Waals surface area contributed by atoms with Gasteiger partial charge >= 0.3 is 20.2 Å². The fourth-order valence-corrected chi connectivity index (χ4v) is 5.40. The van der Waals surface area contributed by atoms with Crippen LogP contribution in [0.25, 0.3) is 20.4 Å². The number of nitrogens with two attached hydrogens (primary N) is 2. The van der Waals surface area contributed by atoms with Crippen LogP contribution in [0.2, 0.25) is 0 Å². The number of thiazole rings is 2. The van der Waals surface area contributed by atoms with Gasteiger partial charge in [-0.05, 0) is 36.4 Å². The molecule has 0 amide bonds. The van der Waals surface area contributed by atoms with Gasteiger partial charge in [-0.2, -0.15) is 37.2 Å². The molecule has 2 aromatic carbocycles. The SMILES string of the molecule is NOS(=O)(=O)c1ccc2nc(N=Nc3nc4ccc(S(=O)(=O)ON)cc4s3)sc2c1. The van der Waals surface area contributed by atoms with Crippen LogP contribution in [0.1, 0.15) is 0 Å². The van der Waals surface area contributed by atoms with Crippen LogP contribution in [0.4, 0.5) is 10.3 Å². The maximum Gasteiger partial charge on any atom is 0.312 e. The van der Waals surface area contributed by atoms with E-state index in [4.69, 9.17) is 11.8 Å². The third kappa shape index (κ3) is 3.94. The molecule has 2 heterocycles. The van der Waals surface area contributed by atoms with E-state index in [9.17, 15) is 16.8 Å². The summed E-state index contributed by atoms with van der Waals surface area (Å²) < 4.78 is 55.9. The summed E-state index contributed by atoms with van der Waals surface area (Å²) >= 11 is 2.22. The zero-order chi connectivity index (χ0) is 21.5. The number of rotatable bonds is 6. The molecule has 0 fully saturated rings. The smallest absolute Gasteiger partial charge is 0.217 e. The minimum absolute atomic E-state index is 0.108. The summed E-state index contributed by atoms with van der Waals surface area (Å²) in [6.45, 7) is 0. The number of azo groups is 1. The number of hydrogen-bond acceptors (Lipinski definition) is 14. The number of hydrogen-bond donors (Lipinski definition) is 2. The highest BCUT2D eigenvalue weighted by Gasteiger charge is 2.17. The Morgan fingerprint density at radius 2 is 1.13 bits per heavy atom. The van der Waals surface area contributed by atoms with Crippen LogP contribution in [0.5, 0.6) is 0 Å². The molecular formula is C14H10N6O6S4. The first-order valence-corrected chi connectivity index (χ1v) is 12.2. The van der Waals surface area contributed by atoms with Gasteiger partial charge in [0.05, 0.1) is 30.2 Å². The van der Waals surface area contributed by atoms with Crippen molar-refractivity contribution in [2.75, 3.05) is 0 Å². The van der Waals surface area contributed by atoms with Gasteiger partial charge < -0.3 is 0 Å². The topological polar surface area (TPSA) is 189 Å². The monoisotopic (exact) mass is 486 g/mol. The molecule has 0 radical (unpaired) electrons. The average molecular weight is 487 g/mol. The van der Waals surface area contributed by atoms with Gasteiger partial charge in [0.25, 0.3) is 0 Å². The summed E-state index contributed by atoms with van der Waals surface area (Å²) in [4.78, 5) is 8.28. The molecule has 0 aliphatic rings. The fourth-order valence-electron chi connectivity index (χ4n) is 2.38. The minimum atomic E-state index is -4.03. The molecule has 4 aromatic rings. The van der Waals surface area contributed by atoms with Crippen molar-refractivity contribution >= 4 is 73.6 Å². The highest BCUT2D eigenvalue weighted by molar-refractivity contribution is 7.87. The maximum absolute atomic E-state index is 11.7. The van der Waals surface area contributed by atoms with Gasteiger partial charge in [-0.3, -0.25) is 0 Å². The van der Waals surface area contributed by atoms with E-state index in [-0.39, 0.29) is 20.1 Å². The summed E-state index contributed by atoms with van der Waals surface area (Å²) in [5.41, 5.74) is 1.04. The van der Waals surface area contributed by atoms with Crippen molar-refractivity contribution in [2.24, 2.45) is 22.0 Å². The summed E-state index contributed by atoms with van der Waals surface area (Å²) in [5.74, 6) is 9.57. The van der Waals surface area contributed by atoms with Crippen LogP contribution >= 0.6 is 22.7 Å². The molecule has 0 saturated carbocycles. The van der Waals surface area contributed by atoms with Gasteiger partial charge in [-0.25, -0.2) is 9.97 Å². The molecule has 4 N–H and O–H groups in total. The Bertz CT molecular complexity index is 1390. The normalized spacial score (nSPS) is 13.0. The Kier molecular flexibility index (Phi) is 5.32. The van der Waals surface area contributed by atoms with Gasteiger partial charge in [-0.1, -0.05) is 22.7 Å². The van der Waals surface area contributed by atoms with Crippen LogP contribution < -0.4 is 11.8 Å². The predicted octanol–water partition coefficient (Wildman–Crippen LogP) is 2.48. The molecule has 2 aromatic heterocycles. The maximum atomic E-state index is 11.7. The molecule has 4 rings (SSSR count). The van der Waals surface area contributed by atoms with Crippen LogP contribution in [0.3, 0.4) is 0 Å². The molecule has 0 bridgehead atoms. The Morgan fingerprint density at radius 3 is 1.50 bits per heavy atom. The zero-order valence-electron chi connectivity index (χ0n) is 14.5. The standard InChI is InChI=1S/C14H10N6O6S4/c15-25-29(21,22)7-1-3-9-11(5-7)27-13(17-9)19-20-14-18-10-4-2-8(6-12(10)28-14)30(23,24)26-16/h1-6H,15-16H2. The second-order valence-electron chi connectivity index (χ2n) is 5.55. The minimum Gasteiger partial charge on any atom is -0.217 e. The predicted molar refractivity (Wildman–Crippen MR) is 108 cm³/mol. The fraction of sp³-hybridized carbons (Fsp3) is 0. The largest absolute Gasteiger partial charge is 0.312 e. The first-order valence-electron chi connectivity index (χ1n) is 7.71. The number of nitrogens with zero attached hydrogens (tertiary/aromatic N) is 4. The Hall–Kier alpha value is -2.44. The number of benzene rings is 2. The van der Waals surface area contributed by atoms with E-state index in [1.54, 1.807) is 0 Å². The highest BCUT2D eigenvalue weighted by atomic mass is 32.2. The molecule has 16 heteroatoms. The lowest BCUT2D eigenvalue weighted by molar-refractivity contribution is 0.332. The Morgan fingerprint density at radius 1 is 0.733 bits per heavy atom. The quantitative estimate of drug-likeness (QED) is 0.302. The van der Waals surface area contributed by atoms with Gasteiger partial charge in [0.15, 0.2) is 0 Å². The van der Waals surface area contributed by atoms with Crippen molar-refractivity contribution in [3.05, 3.63) is 36.4 Å². The lowest BCUT2D eigenvalue weighted by Gasteiger charge is -1.99. The van der Waals surface area contributed by atoms with Crippen molar-refractivity contribution < 1.29 is 25.4 Å². The van der Waals surface area contributed by atoms with E-state index in [0.29, 0.717) is 20.4 Å². The van der Waals surface area contributed by atoms with Crippen molar-refractivity contribution in [2.45, 2.75) is 9.79 Å². The third-order valence-corrected chi connectivity index (χ3v) is 7.72. The number of aromatic nitrogens is 2. The second-order valence-corrected chi connectivity index (χ2v) is 10.7. The third-order valence-electron chi connectivity index (χ3n) is 3.75. The first-order chi connectivity index (χ1) is 14.2. The van der Waals surface area contributed by atoms with Crippen molar-refractivity contribution in [3.8, 4) is 0 Å². The van der Waals surface area contributed by atoms with E-state index < -0.39 is 20.2 Å². The molecule has 156 valence electrons. The molecular weight excluding hydrogens is 476 g/mol. The van der Waals surface area contributed by atoms with Crippen LogP contribution in [-0.2, 0) is 28.8 Å². The van der Waals surface area contributed by atoms with E-state index in [0.717, 1.165) is 22.7 Å². The van der Waals surface area contributed by atoms with Crippen molar-refractivity contribution in [3.63, 3.8) is 0 Å². The lowest BCUT2D eigenvalue weighted by atomic mass is 10.3. The van der Waals surface area contributed by atoms with Crippen molar-refractivity contribution in [1.29, 1.82) is 0 Å². The molecule has 0 unspecified atom stereocenters. The van der Waals surface area contributed by atoms with Gasteiger partial charge in [0, 0.05) is 0 Å². The highest BCUT2D eigenvalue weighted by Crippen LogP contribution is 2.34. The van der Waals surface area contributed by atoms with Crippen molar-refractivity contribution in [1.82, 2.24) is 9.97 Å². The molecule has 0 aliphatic heterocycles. The number of fused-ring (bicyclic) bond motifs is 2.